The third-order valence-corrected chi connectivity index (χ3v) is 3.92. The first-order valence-corrected chi connectivity index (χ1v) is 7.66. The Morgan fingerprint density at radius 3 is 2.58 bits per heavy atom. The minimum atomic E-state index is -2.23. The second-order valence-electron chi connectivity index (χ2n) is 6.07. The van der Waals surface area contributed by atoms with Crippen LogP contribution in [0.5, 0.6) is 0 Å². The van der Waals surface area contributed by atoms with Crippen LogP contribution in [0.25, 0.3) is 0 Å². The van der Waals surface area contributed by atoms with Gasteiger partial charge in [0, 0.05) is 5.92 Å². The number of amides is 2. The average molecular weight is 341 g/mol. The van der Waals surface area contributed by atoms with Gasteiger partial charge in [0.2, 0.25) is 5.91 Å². The molecule has 0 saturated heterocycles. The van der Waals surface area contributed by atoms with Crippen LogP contribution in [0.3, 0.4) is 0 Å². The summed E-state index contributed by atoms with van der Waals surface area (Å²) in [6.45, 7) is 1.04. The number of alkyl halides is 1. The molecule has 0 aliphatic carbocycles. The zero-order chi connectivity index (χ0) is 18.3. The van der Waals surface area contributed by atoms with E-state index in [9.17, 15) is 23.5 Å². The monoisotopic (exact) mass is 341 g/mol. The van der Waals surface area contributed by atoms with E-state index in [4.69, 9.17) is 11.5 Å². The van der Waals surface area contributed by atoms with Crippen LogP contribution in [-0.4, -0.2) is 28.7 Å². The van der Waals surface area contributed by atoms with Crippen molar-refractivity contribution in [2.75, 3.05) is 0 Å². The second-order valence-corrected chi connectivity index (χ2v) is 6.07. The van der Waals surface area contributed by atoms with Gasteiger partial charge in [0.1, 0.15) is 5.82 Å². The summed E-state index contributed by atoms with van der Waals surface area (Å²) < 4.78 is 26.9. The van der Waals surface area contributed by atoms with Crippen LogP contribution in [-0.2, 0) is 16.0 Å². The van der Waals surface area contributed by atoms with E-state index in [1.54, 1.807) is 12.1 Å². The molecule has 5 nitrogen and oxygen atoms in total. The van der Waals surface area contributed by atoms with Gasteiger partial charge < -0.3 is 16.6 Å². The van der Waals surface area contributed by atoms with E-state index in [0.29, 0.717) is 12.0 Å². The number of benzene rings is 1. The number of carbonyl (C=O) groups is 2. The number of carbonyl (C=O) groups excluding carboxylic acids is 2. The van der Waals surface area contributed by atoms with Crippen LogP contribution in [0, 0.1) is 18.2 Å². The molecular weight excluding hydrogens is 318 g/mol. The molecule has 1 radical (unpaired) electrons. The summed E-state index contributed by atoms with van der Waals surface area (Å²) in [7, 11) is 0. The molecule has 24 heavy (non-hydrogen) atoms. The van der Waals surface area contributed by atoms with Gasteiger partial charge in [-0.15, -0.1) is 0 Å². The van der Waals surface area contributed by atoms with E-state index in [2.05, 4.69) is 0 Å². The number of aliphatic hydroxyl groups is 1. The molecule has 0 fully saturated rings. The predicted molar refractivity (Wildman–Crippen MR) is 85.7 cm³/mol. The van der Waals surface area contributed by atoms with Crippen molar-refractivity contribution in [3.63, 3.8) is 0 Å². The highest BCUT2D eigenvalue weighted by Crippen LogP contribution is 2.24. The van der Waals surface area contributed by atoms with Crippen molar-refractivity contribution in [3.05, 3.63) is 42.1 Å². The summed E-state index contributed by atoms with van der Waals surface area (Å²) in [5.41, 5.74) is 8.65. The molecule has 1 aromatic rings. The van der Waals surface area contributed by atoms with E-state index in [-0.39, 0.29) is 25.1 Å². The van der Waals surface area contributed by atoms with Crippen LogP contribution in [0.2, 0.25) is 0 Å². The Hall–Kier alpha value is -2.02. The zero-order valence-electron chi connectivity index (χ0n) is 13.5. The molecule has 0 aliphatic heterocycles. The highest BCUT2D eigenvalue weighted by atomic mass is 19.1. The van der Waals surface area contributed by atoms with E-state index in [1.165, 1.54) is 18.6 Å². The lowest BCUT2D eigenvalue weighted by molar-refractivity contribution is -0.130. The Kier molecular flexibility index (Phi) is 7.28. The lowest BCUT2D eigenvalue weighted by atomic mass is 9.89. The van der Waals surface area contributed by atoms with Crippen LogP contribution in [0.4, 0.5) is 8.78 Å². The first-order valence-electron chi connectivity index (χ1n) is 7.66. The highest BCUT2D eigenvalue weighted by Gasteiger charge is 2.32. The Labute approximate surface area is 140 Å². The lowest BCUT2D eigenvalue weighted by Gasteiger charge is -2.21. The smallest absolute Gasteiger partial charge is 0.254 e. The van der Waals surface area contributed by atoms with Crippen LogP contribution in [0.1, 0.15) is 31.7 Å². The number of hydrogen-bond donors (Lipinski definition) is 3. The van der Waals surface area contributed by atoms with Gasteiger partial charge in [-0.3, -0.25) is 9.59 Å². The van der Waals surface area contributed by atoms with Crippen molar-refractivity contribution in [2.45, 2.75) is 44.4 Å². The Morgan fingerprint density at radius 1 is 1.38 bits per heavy atom. The van der Waals surface area contributed by atoms with Gasteiger partial charge in [-0.1, -0.05) is 12.1 Å². The normalized spacial score (nSPS) is 16.2. The lowest BCUT2D eigenvalue weighted by Crippen LogP contribution is -2.38. The summed E-state index contributed by atoms with van der Waals surface area (Å²) in [5, 5.41) is 10.00. The molecule has 1 aromatic carbocycles. The van der Waals surface area contributed by atoms with Crippen LogP contribution < -0.4 is 11.5 Å². The summed E-state index contributed by atoms with van der Waals surface area (Å²) >= 11 is 0. The van der Waals surface area contributed by atoms with Gasteiger partial charge in [-0.25, -0.2) is 8.78 Å². The number of aliphatic hydroxyl groups excluding tert-OH is 1. The summed E-state index contributed by atoms with van der Waals surface area (Å²) in [5.74, 6) is -2.96. The third-order valence-electron chi connectivity index (χ3n) is 3.92. The topological polar surface area (TPSA) is 106 Å². The fourth-order valence-corrected chi connectivity index (χ4v) is 2.27. The summed E-state index contributed by atoms with van der Waals surface area (Å²) in [6, 6.07) is 5.92. The van der Waals surface area contributed by atoms with E-state index in [1.807, 2.05) is 0 Å². The number of rotatable bonds is 10. The largest absolute Gasteiger partial charge is 0.393 e. The van der Waals surface area contributed by atoms with Crippen molar-refractivity contribution in [2.24, 2.45) is 17.4 Å². The maximum atomic E-state index is 13.8. The maximum absolute atomic E-state index is 13.8. The van der Waals surface area contributed by atoms with Crippen molar-refractivity contribution < 1.29 is 23.5 Å². The van der Waals surface area contributed by atoms with Gasteiger partial charge in [0.15, 0.2) is 5.67 Å². The molecule has 0 aromatic heterocycles. The highest BCUT2D eigenvalue weighted by molar-refractivity contribution is 5.83. The van der Waals surface area contributed by atoms with Crippen molar-refractivity contribution >= 4 is 11.8 Å². The minimum absolute atomic E-state index is 0.000505. The molecule has 7 heteroatoms. The van der Waals surface area contributed by atoms with Gasteiger partial charge in [-0.2, -0.15) is 0 Å². The fraction of sp³-hybridized carbons (Fsp3) is 0.471. The predicted octanol–water partition coefficient (Wildman–Crippen LogP) is 1.42. The first kappa shape index (κ1) is 20.0. The Morgan fingerprint density at radius 2 is 2.04 bits per heavy atom. The van der Waals surface area contributed by atoms with Crippen molar-refractivity contribution in [3.8, 4) is 0 Å². The average Bonchev–Trinajstić information content (AvgIpc) is 2.49. The second kappa shape index (κ2) is 8.73. The van der Waals surface area contributed by atoms with Crippen molar-refractivity contribution in [1.29, 1.82) is 0 Å². The molecule has 133 valence electrons. The number of hydrogen-bond acceptors (Lipinski definition) is 3. The molecule has 0 saturated carbocycles. The minimum Gasteiger partial charge on any atom is -0.393 e. The number of primary amides is 2. The molecule has 1 rings (SSSR count). The fourth-order valence-electron chi connectivity index (χ4n) is 2.27. The molecular formula is C17H23F2N2O3. The van der Waals surface area contributed by atoms with Crippen molar-refractivity contribution in [1.82, 2.24) is 0 Å². The molecule has 0 heterocycles. The molecule has 0 aliphatic rings. The zero-order valence-corrected chi connectivity index (χ0v) is 13.5. The van der Waals surface area contributed by atoms with E-state index < -0.39 is 29.5 Å². The molecule has 1 unspecified atom stereocenters. The Bertz CT molecular complexity index is 579. The molecule has 3 atom stereocenters. The Balaban J connectivity index is 2.52. The van der Waals surface area contributed by atoms with Gasteiger partial charge in [0.05, 0.1) is 6.10 Å². The van der Waals surface area contributed by atoms with Gasteiger partial charge in [-0.05, 0) is 56.7 Å². The van der Waals surface area contributed by atoms with Crippen LogP contribution in [0.15, 0.2) is 24.3 Å². The van der Waals surface area contributed by atoms with E-state index >= 15 is 0 Å². The molecule has 5 N–H and O–H groups in total. The van der Waals surface area contributed by atoms with Crippen LogP contribution >= 0.6 is 0 Å². The summed E-state index contributed by atoms with van der Waals surface area (Å²) in [6.07, 6.45) is 0.604. The quantitative estimate of drug-likeness (QED) is 0.599. The van der Waals surface area contributed by atoms with E-state index in [0.717, 1.165) is 6.92 Å². The standard InChI is InChI=1S/C17H23F2N2O3/c1-17(19,16(21)24)8-7-12(15(20)23)10-14(22)6-5-11-3-2-4-13(18)9-11/h2-4,6,9,12,14,22H,5,7-8,10H2,1H3,(H2,20,23)(H2,21,24)/t12-,14+,17?/m1/s1. The molecule has 2 amide bonds. The molecule has 0 bridgehead atoms. The number of nitrogens with two attached hydrogens (primary N) is 2. The summed E-state index contributed by atoms with van der Waals surface area (Å²) in [4.78, 5) is 22.4. The van der Waals surface area contributed by atoms with Gasteiger partial charge in [0.25, 0.3) is 5.91 Å². The third kappa shape index (κ3) is 6.62. The molecule has 0 spiro atoms. The first-order chi connectivity index (χ1) is 11.1. The number of halogens is 2. The maximum Gasteiger partial charge on any atom is 0.254 e. The SMILES string of the molecule is CC(F)(CC[C@H](C[C@@H](O)[CH]Cc1cccc(F)c1)C(N)=O)C(N)=O. The van der Waals surface area contributed by atoms with Gasteiger partial charge >= 0.3 is 0 Å².